The Morgan fingerprint density at radius 3 is 2.75 bits per heavy atom. The van der Waals surface area contributed by atoms with Crippen molar-refractivity contribution >= 4 is 38.4 Å². The van der Waals surface area contributed by atoms with Crippen LogP contribution >= 0.6 is 11.8 Å². The van der Waals surface area contributed by atoms with Gasteiger partial charge in [-0.2, -0.15) is 0 Å². The number of hydrogen-bond acceptors (Lipinski definition) is 6. The molecule has 2 aromatic rings. The molecule has 0 unspecified atom stereocenters. The van der Waals surface area contributed by atoms with Crippen LogP contribution < -0.4 is 5.56 Å². The second kappa shape index (κ2) is 8.24. The van der Waals surface area contributed by atoms with Crippen LogP contribution in [0.2, 0.25) is 0 Å². The number of thioether (sulfide) groups is 1. The first kappa shape index (κ1) is 20.9. The van der Waals surface area contributed by atoms with Gasteiger partial charge in [-0.1, -0.05) is 30.8 Å². The quantitative estimate of drug-likeness (QED) is 0.522. The van der Waals surface area contributed by atoms with E-state index in [1.807, 2.05) is 26.0 Å². The van der Waals surface area contributed by atoms with E-state index >= 15 is 0 Å². The summed E-state index contributed by atoms with van der Waals surface area (Å²) in [6.07, 6.45) is 1.24. The Bertz CT molecular complexity index is 1050. The highest BCUT2D eigenvalue weighted by molar-refractivity contribution is 7.99. The number of hydrogen-bond donors (Lipinski definition) is 0. The molecule has 1 aliphatic rings. The van der Waals surface area contributed by atoms with Gasteiger partial charge in [0.1, 0.15) is 0 Å². The van der Waals surface area contributed by atoms with Crippen LogP contribution in [0.3, 0.4) is 0 Å². The summed E-state index contributed by atoms with van der Waals surface area (Å²) in [5, 5.41) is 1.07. The summed E-state index contributed by atoms with van der Waals surface area (Å²) in [4.78, 5) is 31.7. The van der Waals surface area contributed by atoms with Crippen molar-refractivity contribution in [3.8, 4) is 0 Å². The van der Waals surface area contributed by atoms with E-state index in [0.29, 0.717) is 22.5 Å². The van der Waals surface area contributed by atoms with E-state index in [0.717, 1.165) is 6.42 Å². The first-order valence-electron chi connectivity index (χ1n) is 9.33. The van der Waals surface area contributed by atoms with E-state index < -0.39 is 9.84 Å². The lowest BCUT2D eigenvalue weighted by Gasteiger charge is -2.24. The molecule has 0 bridgehead atoms. The third kappa shape index (κ3) is 4.25. The number of aromatic nitrogens is 2. The molecule has 0 radical (unpaired) electrons. The lowest BCUT2D eigenvalue weighted by Crippen LogP contribution is -2.39. The van der Waals surface area contributed by atoms with Crippen LogP contribution in [0.1, 0.15) is 32.7 Å². The average molecular weight is 424 g/mol. The Labute approximate surface area is 169 Å². The molecule has 1 aromatic heterocycles. The molecule has 1 aromatic carbocycles. The zero-order valence-electron chi connectivity index (χ0n) is 16.3. The van der Waals surface area contributed by atoms with Crippen LogP contribution in [0.25, 0.3) is 10.9 Å². The molecule has 2 atom stereocenters. The molecule has 0 saturated carbocycles. The van der Waals surface area contributed by atoms with Crippen molar-refractivity contribution in [2.24, 2.45) is 0 Å². The summed E-state index contributed by atoms with van der Waals surface area (Å²) < 4.78 is 25.0. The van der Waals surface area contributed by atoms with Gasteiger partial charge in [0.25, 0.3) is 5.56 Å². The maximum atomic E-state index is 13.0. The molecule has 0 aliphatic carbocycles. The van der Waals surface area contributed by atoms with Crippen LogP contribution in [-0.4, -0.2) is 59.1 Å². The molecular weight excluding hydrogens is 398 g/mol. The minimum atomic E-state index is -3.05. The van der Waals surface area contributed by atoms with Crippen molar-refractivity contribution in [1.29, 1.82) is 0 Å². The lowest BCUT2D eigenvalue weighted by molar-refractivity contribution is -0.128. The number of carbonyl (C=O) groups is 1. The van der Waals surface area contributed by atoms with Crippen molar-refractivity contribution in [3.05, 3.63) is 34.6 Å². The Morgan fingerprint density at radius 2 is 2.11 bits per heavy atom. The maximum absolute atomic E-state index is 13.0. The minimum absolute atomic E-state index is 0.0196. The van der Waals surface area contributed by atoms with Gasteiger partial charge in [-0.05, 0) is 31.9 Å². The summed E-state index contributed by atoms with van der Waals surface area (Å²) in [5.74, 6) is 0.0903. The van der Waals surface area contributed by atoms with Crippen molar-refractivity contribution in [2.45, 2.75) is 43.9 Å². The third-order valence-corrected chi connectivity index (χ3v) is 7.97. The number of amides is 1. The van der Waals surface area contributed by atoms with Gasteiger partial charge in [0, 0.05) is 19.1 Å². The first-order valence-corrected chi connectivity index (χ1v) is 12.1. The predicted octanol–water partition coefficient (Wildman–Crippen LogP) is 2.11. The first-order chi connectivity index (χ1) is 13.2. The summed E-state index contributed by atoms with van der Waals surface area (Å²) >= 11 is 1.23. The number of benzene rings is 1. The molecule has 1 saturated heterocycles. The normalized spacial score (nSPS) is 19.6. The van der Waals surface area contributed by atoms with E-state index in [1.165, 1.54) is 16.7 Å². The van der Waals surface area contributed by atoms with Crippen molar-refractivity contribution in [1.82, 2.24) is 14.5 Å². The van der Waals surface area contributed by atoms with Crippen LogP contribution in [0.5, 0.6) is 0 Å². The molecule has 28 heavy (non-hydrogen) atoms. The molecular formula is C19H25N3O4S2. The van der Waals surface area contributed by atoms with Gasteiger partial charge in [0.2, 0.25) is 5.91 Å². The fraction of sp³-hybridized carbons (Fsp3) is 0.526. The van der Waals surface area contributed by atoms with Crippen molar-refractivity contribution < 1.29 is 13.2 Å². The van der Waals surface area contributed by atoms with Crippen molar-refractivity contribution in [3.63, 3.8) is 0 Å². The Balaban J connectivity index is 1.83. The van der Waals surface area contributed by atoms with Gasteiger partial charge < -0.3 is 4.90 Å². The molecule has 9 heteroatoms. The van der Waals surface area contributed by atoms with E-state index in [4.69, 9.17) is 0 Å². The zero-order chi connectivity index (χ0) is 20.5. The van der Waals surface area contributed by atoms with Gasteiger partial charge in [-0.15, -0.1) is 0 Å². The Morgan fingerprint density at radius 1 is 1.39 bits per heavy atom. The van der Waals surface area contributed by atoms with E-state index in [9.17, 15) is 18.0 Å². The maximum Gasteiger partial charge on any atom is 0.262 e. The van der Waals surface area contributed by atoms with Crippen LogP contribution in [0.4, 0.5) is 0 Å². The summed E-state index contributed by atoms with van der Waals surface area (Å²) in [6, 6.07) is 6.87. The molecule has 2 heterocycles. The molecule has 1 aliphatic heterocycles. The SMILES string of the molecule is CC[C@H](C)n1c(SCC(=O)N(C)[C@H]2CCS(=O)(=O)C2)nc2ccccc2c1=O. The topological polar surface area (TPSA) is 89.3 Å². The van der Waals surface area contributed by atoms with Gasteiger partial charge in [0.05, 0.1) is 28.2 Å². The van der Waals surface area contributed by atoms with Gasteiger partial charge in [-0.25, -0.2) is 13.4 Å². The van der Waals surface area contributed by atoms with E-state index in [-0.39, 0.29) is 40.8 Å². The number of fused-ring (bicyclic) bond motifs is 1. The van der Waals surface area contributed by atoms with E-state index in [1.54, 1.807) is 23.7 Å². The highest BCUT2D eigenvalue weighted by Gasteiger charge is 2.32. The molecule has 1 fully saturated rings. The van der Waals surface area contributed by atoms with Gasteiger partial charge >= 0.3 is 0 Å². The van der Waals surface area contributed by atoms with Gasteiger partial charge in [0.15, 0.2) is 15.0 Å². The predicted molar refractivity (Wildman–Crippen MR) is 112 cm³/mol. The monoisotopic (exact) mass is 423 g/mol. The molecule has 7 nitrogen and oxygen atoms in total. The largest absolute Gasteiger partial charge is 0.341 e. The number of rotatable bonds is 6. The highest BCUT2D eigenvalue weighted by Crippen LogP contribution is 2.24. The van der Waals surface area contributed by atoms with Gasteiger partial charge in [-0.3, -0.25) is 14.2 Å². The molecule has 0 N–H and O–H groups in total. The molecule has 3 rings (SSSR count). The smallest absolute Gasteiger partial charge is 0.262 e. The summed E-state index contributed by atoms with van der Waals surface area (Å²) in [5.41, 5.74) is 0.502. The molecule has 1 amide bonds. The summed E-state index contributed by atoms with van der Waals surface area (Å²) in [6.45, 7) is 3.96. The Kier molecular flexibility index (Phi) is 6.14. The van der Waals surface area contributed by atoms with E-state index in [2.05, 4.69) is 4.98 Å². The van der Waals surface area contributed by atoms with Crippen LogP contribution in [0.15, 0.2) is 34.2 Å². The zero-order valence-corrected chi connectivity index (χ0v) is 17.9. The lowest BCUT2D eigenvalue weighted by atomic mass is 10.2. The minimum Gasteiger partial charge on any atom is -0.341 e. The second-order valence-electron chi connectivity index (χ2n) is 7.19. The van der Waals surface area contributed by atoms with Crippen LogP contribution in [-0.2, 0) is 14.6 Å². The standard InChI is InChI=1S/C19H25N3O4S2/c1-4-13(2)22-18(24)15-7-5-6-8-16(15)20-19(22)27-11-17(23)21(3)14-9-10-28(25,26)12-14/h5-8,13-14H,4,9-12H2,1-3H3/t13-,14-/m0/s1. The third-order valence-electron chi connectivity index (χ3n) is 5.28. The fourth-order valence-corrected chi connectivity index (χ4v) is 6.11. The number of nitrogens with zero attached hydrogens (tertiary/aromatic N) is 3. The van der Waals surface area contributed by atoms with Crippen LogP contribution in [0, 0.1) is 0 Å². The second-order valence-corrected chi connectivity index (χ2v) is 10.4. The molecule has 0 spiro atoms. The number of para-hydroxylation sites is 1. The highest BCUT2D eigenvalue weighted by atomic mass is 32.2. The number of sulfone groups is 1. The Hall–Kier alpha value is -1.87. The molecule has 152 valence electrons. The summed E-state index contributed by atoms with van der Waals surface area (Å²) in [7, 11) is -1.41. The average Bonchev–Trinajstić information content (AvgIpc) is 3.04. The number of carbonyl (C=O) groups excluding carboxylic acids is 1. The fourth-order valence-electron chi connectivity index (χ4n) is 3.31. The van der Waals surface area contributed by atoms with Crippen molar-refractivity contribution in [2.75, 3.05) is 24.3 Å².